The molecule has 0 aliphatic carbocycles. The zero-order valence-corrected chi connectivity index (χ0v) is 15.6. The molecule has 0 aliphatic rings. The number of amides is 1. The number of carbonyl (C=O) groups is 1. The number of hydrogen-bond donors (Lipinski definition) is 0. The third-order valence-electron chi connectivity index (χ3n) is 3.56. The van der Waals surface area contributed by atoms with Gasteiger partial charge in [-0.2, -0.15) is 27.7 Å². The maximum Gasteiger partial charge on any atom is 0.473 e. The first-order valence-corrected chi connectivity index (χ1v) is 9.07. The number of fused-ring (bicyclic) bond motifs is 1. The van der Waals surface area contributed by atoms with Gasteiger partial charge < -0.3 is 4.57 Å². The predicted molar refractivity (Wildman–Crippen MR) is 92.5 cm³/mol. The summed E-state index contributed by atoms with van der Waals surface area (Å²) in [5.41, 5.74) is 1.11. The summed E-state index contributed by atoms with van der Waals surface area (Å²) in [6.07, 6.45) is -1.75. The van der Waals surface area contributed by atoms with E-state index in [1.807, 2.05) is 0 Å². The number of pyridine rings is 1. The Morgan fingerprint density at radius 3 is 2.70 bits per heavy atom. The SMILES string of the molecule is CSc1nc2n(Cc3ccc(Cl)nc3)c(C)cc(=NC(=O)C(F)(F)F)n2n1. The van der Waals surface area contributed by atoms with Gasteiger partial charge in [0, 0.05) is 18.0 Å². The van der Waals surface area contributed by atoms with Gasteiger partial charge in [-0.1, -0.05) is 29.4 Å². The van der Waals surface area contributed by atoms with Crippen LogP contribution in [0, 0.1) is 6.92 Å². The Bertz CT molecular complexity index is 1070. The molecule has 1 amide bonds. The van der Waals surface area contributed by atoms with Crippen molar-refractivity contribution in [3.05, 3.63) is 46.3 Å². The summed E-state index contributed by atoms with van der Waals surface area (Å²) < 4.78 is 40.6. The fourth-order valence-corrected chi connectivity index (χ4v) is 2.76. The van der Waals surface area contributed by atoms with Crippen molar-refractivity contribution in [2.75, 3.05) is 6.26 Å². The predicted octanol–water partition coefficient (Wildman–Crippen LogP) is 2.65. The van der Waals surface area contributed by atoms with E-state index >= 15 is 0 Å². The van der Waals surface area contributed by atoms with Crippen molar-refractivity contribution >= 4 is 35.0 Å². The largest absolute Gasteiger partial charge is 0.473 e. The molecule has 3 rings (SSSR count). The third kappa shape index (κ3) is 4.14. The van der Waals surface area contributed by atoms with Crippen molar-refractivity contribution < 1.29 is 18.0 Å². The lowest BCUT2D eigenvalue weighted by Gasteiger charge is -2.12. The summed E-state index contributed by atoms with van der Waals surface area (Å²) in [6.45, 7) is 2.01. The highest BCUT2D eigenvalue weighted by atomic mass is 35.5. The second-order valence-electron chi connectivity index (χ2n) is 5.44. The number of alkyl halides is 3. The molecule has 0 saturated heterocycles. The van der Waals surface area contributed by atoms with Gasteiger partial charge in [-0.15, -0.1) is 5.10 Å². The number of aromatic nitrogens is 5. The van der Waals surface area contributed by atoms with Gasteiger partial charge in [0.05, 0.1) is 6.54 Å². The van der Waals surface area contributed by atoms with Crippen LogP contribution in [0.1, 0.15) is 11.3 Å². The molecule has 142 valence electrons. The Morgan fingerprint density at radius 1 is 1.37 bits per heavy atom. The Labute approximate surface area is 159 Å². The molecule has 0 aromatic carbocycles. The van der Waals surface area contributed by atoms with Gasteiger partial charge in [0.2, 0.25) is 10.9 Å². The lowest BCUT2D eigenvalue weighted by atomic mass is 10.2. The molecule has 0 unspecified atom stereocenters. The fourth-order valence-electron chi connectivity index (χ4n) is 2.31. The molecule has 3 aromatic rings. The van der Waals surface area contributed by atoms with Gasteiger partial charge in [0.1, 0.15) is 5.15 Å². The average Bonchev–Trinajstić information content (AvgIpc) is 3.03. The van der Waals surface area contributed by atoms with Crippen LogP contribution in [0.2, 0.25) is 5.15 Å². The van der Waals surface area contributed by atoms with E-state index in [2.05, 4.69) is 20.1 Å². The minimum absolute atomic E-state index is 0.247. The molecule has 3 aromatic heterocycles. The molecule has 0 radical (unpaired) electrons. The van der Waals surface area contributed by atoms with Crippen molar-refractivity contribution in [3.63, 3.8) is 0 Å². The molecular formula is C15H12ClF3N6OS. The molecule has 3 heterocycles. The molecule has 0 bridgehead atoms. The minimum Gasteiger partial charge on any atom is -0.310 e. The van der Waals surface area contributed by atoms with E-state index in [0.29, 0.717) is 22.5 Å². The van der Waals surface area contributed by atoms with Crippen molar-refractivity contribution in [2.45, 2.75) is 24.8 Å². The highest BCUT2D eigenvalue weighted by Crippen LogP contribution is 2.17. The number of halogens is 4. The van der Waals surface area contributed by atoms with Crippen molar-refractivity contribution in [2.24, 2.45) is 4.99 Å². The van der Waals surface area contributed by atoms with E-state index in [0.717, 1.165) is 10.1 Å². The van der Waals surface area contributed by atoms with Crippen LogP contribution in [-0.4, -0.2) is 42.5 Å². The third-order valence-corrected chi connectivity index (χ3v) is 4.32. The van der Waals surface area contributed by atoms with Gasteiger partial charge in [0.25, 0.3) is 0 Å². The lowest BCUT2D eigenvalue weighted by molar-refractivity contribution is -0.169. The maximum atomic E-state index is 12.6. The normalized spacial score (nSPS) is 12.7. The molecule has 7 nitrogen and oxygen atoms in total. The van der Waals surface area contributed by atoms with Crippen LogP contribution in [0.25, 0.3) is 5.78 Å². The van der Waals surface area contributed by atoms with Crippen LogP contribution >= 0.6 is 23.4 Å². The summed E-state index contributed by atoms with van der Waals surface area (Å²) in [4.78, 5) is 22.8. The molecule has 0 N–H and O–H groups in total. The summed E-state index contributed by atoms with van der Waals surface area (Å²) in [6, 6.07) is 4.75. The van der Waals surface area contributed by atoms with Gasteiger partial charge in [-0.05, 0) is 24.8 Å². The highest BCUT2D eigenvalue weighted by Gasteiger charge is 2.38. The monoisotopic (exact) mass is 416 g/mol. The van der Waals surface area contributed by atoms with Gasteiger partial charge in [0.15, 0.2) is 5.49 Å². The fraction of sp³-hybridized carbons (Fsp3) is 0.267. The smallest absolute Gasteiger partial charge is 0.310 e. The molecule has 0 saturated carbocycles. The Hall–Kier alpha value is -2.40. The van der Waals surface area contributed by atoms with Crippen LogP contribution in [0.3, 0.4) is 0 Å². The number of thioether (sulfide) groups is 1. The average molecular weight is 417 g/mol. The summed E-state index contributed by atoms with van der Waals surface area (Å²) in [7, 11) is 0. The quantitative estimate of drug-likeness (QED) is 0.484. The first-order chi connectivity index (χ1) is 12.7. The molecular weight excluding hydrogens is 405 g/mol. The number of aryl methyl sites for hydroxylation is 1. The molecule has 12 heteroatoms. The molecule has 0 aliphatic heterocycles. The molecule has 0 spiro atoms. The first kappa shape index (κ1) is 19.4. The highest BCUT2D eigenvalue weighted by molar-refractivity contribution is 7.98. The summed E-state index contributed by atoms with van der Waals surface area (Å²) >= 11 is 7.00. The van der Waals surface area contributed by atoms with Gasteiger partial charge in [-0.25, -0.2) is 4.98 Å². The van der Waals surface area contributed by atoms with E-state index in [4.69, 9.17) is 11.6 Å². The summed E-state index contributed by atoms with van der Waals surface area (Å²) in [5, 5.41) is 4.80. The molecule has 27 heavy (non-hydrogen) atoms. The Balaban J connectivity index is 2.19. The minimum atomic E-state index is -5.07. The summed E-state index contributed by atoms with van der Waals surface area (Å²) in [5.74, 6) is -1.95. The first-order valence-electron chi connectivity index (χ1n) is 7.46. The van der Waals surface area contributed by atoms with E-state index in [9.17, 15) is 18.0 Å². The zero-order valence-electron chi connectivity index (χ0n) is 14.0. The van der Waals surface area contributed by atoms with Crippen LogP contribution < -0.4 is 5.49 Å². The zero-order chi connectivity index (χ0) is 19.8. The number of rotatable bonds is 3. The van der Waals surface area contributed by atoms with E-state index in [1.165, 1.54) is 17.8 Å². The molecule has 0 fully saturated rings. The number of carbonyl (C=O) groups excluding carboxylic acids is 1. The van der Waals surface area contributed by atoms with Crippen molar-refractivity contribution in [1.82, 2.24) is 24.1 Å². The standard InChI is InChI=1S/C15H12ClF3N6OS/c1-8-5-11(21-12(26)15(17,18)19)25-14(22-13(23-25)27-2)24(8)7-9-3-4-10(16)20-6-9/h3-6H,7H2,1-2H3. The van der Waals surface area contributed by atoms with Crippen LogP contribution in [0.15, 0.2) is 34.5 Å². The van der Waals surface area contributed by atoms with Gasteiger partial charge >= 0.3 is 12.1 Å². The second-order valence-corrected chi connectivity index (χ2v) is 6.60. The van der Waals surface area contributed by atoms with Crippen LogP contribution in [-0.2, 0) is 11.3 Å². The van der Waals surface area contributed by atoms with Crippen molar-refractivity contribution in [1.29, 1.82) is 0 Å². The number of hydrogen-bond acceptors (Lipinski definition) is 5. The Kier molecular flexibility index (Phi) is 5.24. The van der Waals surface area contributed by atoms with Crippen LogP contribution in [0.4, 0.5) is 13.2 Å². The lowest BCUT2D eigenvalue weighted by Crippen LogP contribution is -2.28. The van der Waals surface area contributed by atoms with E-state index in [-0.39, 0.29) is 11.3 Å². The second kappa shape index (κ2) is 7.31. The topological polar surface area (TPSA) is 77.4 Å². The van der Waals surface area contributed by atoms with E-state index < -0.39 is 12.1 Å². The number of nitrogens with zero attached hydrogens (tertiary/aromatic N) is 6. The van der Waals surface area contributed by atoms with Crippen molar-refractivity contribution in [3.8, 4) is 0 Å². The maximum absolute atomic E-state index is 12.6. The van der Waals surface area contributed by atoms with Gasteiger partial charge in [-0.3, -0.25) is 4.79 Å². The molecule has 0 atom stereocenters. The van der Waals surface area contributed by atoms with Crippen LogP contribution in [0.5, 0.6) is 0 Å². The van der Waals surface area contributed by atoms with E-state index in [1.54, 1.807) is 36.1 Å². The Morgan fingerprint density at radius 2 is 2.11 bits per heavy atom.